The molecule has 0 aromatic heterocycles. The molecular weight excluding hydrogens is 632 g/mol. The topological polar surface area (TPSA) is 317 Å². The lowest BCUT2D eigenvalue weighted by Gasteiger charge is -2.48. The summed E-state index contributed by atoms with van der Waals surface area (Å²) in [5.41, 5.74) is 0. The van der Waals surface area contributed by atoms with Gasteiger partial charge < -0.3 is 99.2 Å². The zero-order valence-corrected chi connectivity index (χ0v) is 25.0. The largest absolute Gasteiger partial charge is 0.394 e. The first-order valence-electron chi connectivity index (χ1n) is 14.8. The number of ether oxygens (including phenoxy) is 8. The summed E-state index contributed by atoms with van der Waals surface area (Å²) in [4.78, 5) is 0. The Morgan fingerprint density at radius 2 is 0.891 bits per heavy atom. The summed E-state index contributed by atoms with van der Waals surface area (Å²) in [6.45, 7) is -1.30. The molecule has 4 heterocycles. The van der Waals surface area contributed by atoms with Gasteiger partial charge in [0.25, 0.3) is 0 Å². The maximum Gasteiger partial charge on any atom is 0.187 e. The van der Waals surface area contributed by atoms with Crippen molar-refractivity contribution in [2.75, 3.05) is 33.5 Å². The molecule has 0 aliphatic carbocycles. The molecule has 0 spiro atoms. The third-order valence-corrected chi connectivity index (χ3v) is 8.70. The van der Waals surface area contributed by atoms with Crippen LogP contribution in [0.2, 0.25) is 0 Å². The molecule has 270 valence electrons. The van der Waals surface area contributed by atoms with Gasteiger partial charge in [-0.1, -0.05) is 0 Å². The van der Waals surface area contributed by atoms with E-state index in [0.29, 0.717) is 0 Å². The average molecular weight is 679 g/mol. The van der Waals surface area contributed by atoms with Gasteiger partial charge in [0.2, 0.25) is 0 Å². The molecule has 46 heavy (non-hydrogen) atoms. The highest BCUT2D eigenvalue weighted by Crippen LogP contribution is 2.33. The van der Waals surface area contributed by atoms with Crippen LogP contribution in [-0.2, 0) is 37.9 Å². The molecule has 0 saturated carbocycles. The Labute approximate surface area is 262 Å². The summed E-state index contributed by atoms with van der Waals surface area (Å²) in [6, 6.07) is 0. The molecule has 0 amide bonds. The van der Waals surface area contributed by atoms with Crippen LogP contribution in [0, 0.1) is 0 Å². The lowest BCUT2D eigenvalue weighted by Crippen LogP contribution is -2.67. The molecule has 0 radical (unpaired) electrons. The molecule has 4 saturated heterocycles. The van der Waals surface area contributed by atoms with E-state index in [2.05, 4.69) is 0 Å². The molecule has 4 rings (SSSR count). The summed E-state index contributed by atoms with van der Waals surface area (Å²) < 4.78 is 43.8. The molecular formula is C26H46O20. The van der Waals surface area contributed by atoms with Crippen molar-refractivity contribution in [1.82, 2.24) is 0 Å². The number of hydrogen-bond acceptors (Lipinski definition) is 20. The van der Waals surface area contributed by atoms with Gasteiger partial charge in [-0.25, -0.2) is 0 Å². The number of aliphatic hydroxyl groups excluding tert-OH is 12. The highest BCUT2D eigenvalue weighted by Gasteiger charge is 2.54. The minimum atomic E-state index is -1.91. The van der Waals surface area contributed by atoms with Gasteiger partial charge in [-0.15, -0.1) is 0 Å². The van der Waals surface area contributed by atoms with Crippen molar-refractivity contribution in [3.63, 3.8) is 0 Å². The fourth-order valence-electron chi connectivity index (χ4n) is 5.89. The van der Waals surface area contributed by atoms with Crippen molar-refractivity contribution in [2.45, 2.75) is 130 Å². The van der Waals surface area contributed by atoms with E-state index in [-0.39, 0.29) is 0 Å². The number of methoxy groups -OCH3 is 1. The van der Waals surface area contributed by atoms with Crippen LogP contribution in [0.25, 0.3) is 0 Å². The fraction of sp³-hybridized carbons (Fsp3) is 1.00. The smallest absolute Gasteiger partial charge is 0.187 e. The van der Waals surface area contributed by atoms with Gasteiger partial charge >= 0.3 is 0 Å². The summed E-state index contributed by atoms with van der Waals surface area (Å²) >= 11 is 0. The van der Waals surface area contributed by atoms with E-state index < -0.39 is 149 Å². The minimum absolute atomic E-state index is 0.520. The predicted molar refractivity (Wildman–Crippen MR) is 142 cm³/mol. The molecule has 4 aliphatic heterocycles. The van der Waals surface area contributed by atoms with E-state index in [1.54, 1.807) is 0 Å². The van der Waals surface area contributed by atoms with Gasteiger partial charge in [-0.05, 0) is 6.92 Å². The maximum absolute atomic E-state index is 11.1. The van der Waals surface area contributed by atoms with E-state index >= 15 is 0 Å². The van der Waals surface area contributed by atoms with Crippen molar-refractivity contribution in [2.24, 2.45) is 0 Å². The van der Waals surface area contributed by atoms with Crippen LogP contribution in [0.1, 0.15) is 6.92 Å². The first-order valence-corrected chi connectivity index (χ1v) is 14.8. The van der Waals surface area contributed by atoms with Crippen molar-refractivity contribution >= 4 is 0 Å². The van der Waals surface area contributed by atoms with Crippen LogP contribution < -0.4 is 0 Å². The Kier molecular flexibility index (Phi) is 13.4. The second kappa shape index (κ2) is 16.3. The van der Waals surface area contributed by atoms with E-state index in [1.807, 2.05) is 0 Å². The quantitative estimate of drug-likeness (QED) is 0.0965. The monoisotopic (exact) mass is 678 g/mol. The Balaban J connectivity index is 1.46. The molecule has 4 fully saturated rings. The molecule has 0 bridgehead atoms. The van der Waals surface area contributed by atoms with Gasteiger partial charge in [0.1, 0.15) is 97.7 Å². The Bertz CT molecular complexity index is 932. The van der Waals surface area contributed by atoms with Crippen molar-refractivity contribution < 1.29 is 99.2 Å². The van der Waals surface area contributed by atoms with Crippen molar-refractivity contribution in [1.29, 1.82) is 0 Å². The standard InChI is InChI=1S/C26H46O20/c1-7-12(30)22(16(34)11(41-7)6-40-24-18(36)17(35)13(31)8(3-27)42-24)45-26-20(38)23(15(33)10(5-29)44-26)46-25-19(37)21(39-2)14(32)9(4-28)43-25/h7-38H,3-6H2,1-2H3/t7?,8?,9?,10?,11?,12?,13-,14-,15-,16-,17?,18?,19?,20?,21?,22?,23?,24-,25+,26+/m1/s1. The fourth-order valence-corrected chi connectivity index (χ4v) is 5.89. The lowest BCUT2D eigenvalue weighted by molar-refractivity contribution is -0.375. The Hall–Kier alpha value is -0.800. The molecule has 20 heteroatoms. The van der Waals surface area contributed by atoms with Crippen LogP contribution in [-0.4, -0.2) is 217 Å². The van der Waals surface area contributed by atoms with Crippen molar-refractivity contribution in [3.05, 3.63) is 0 Å². The molecule has 13 unspecified atom stereocenters. The maximum atomic E-state index is 11.1. The van der Waals surface area contributed by atoms with Gasteiger partial charge in [0, 0.05) is 7.11 Å². The van der Waals surface area contributed by atoms with Crippen LogP contribution in [0.15, 0.2) is 0 Å². The molecule has 0 aromatic carbocycles. The number of rotatable bonds is 11. The molecule has 4 aliphatic rings. The van der Waals surface area contributed by atoms with E-state index in [4.69, 9.17) is 37.9 Å². The molecule has 20 nitrogen and oxygen atoms in total. The van der Waals surface area contributed by atoms with Crippen LogP contribution in [0.3, 0.4) is 0 Å². The van der Waals surface area contributed by atoms with Crippen molar-refractivity contribution in [3.8, 4) is 0 Å². The number of hydrogen-bond donors (Lipinski definition) is 12. The van der Waals surface area contributed by atoms with Crippen LogP contribution in [0.4, 0.5) is 0 Å². The number of aliphatic hydroxyl groups is 12. The van der Waals surface area contributed by atoms with E-state index in [1.165, 1.54) is 14.0 Å². The normalized spacial score (nSPS) is 52.0. The minimum Gasteiger partial charge on any atom is -0.394 e. The van der Waals surface area contributed by atoms with Crippen LogP contribution in [0.5, 0.6) is 0 Å². The van der Waals surface area contributed by atoms with Gasteiger partial charge in [0.05, 0.1) is 32.5 Å². The molecule has 0 aromatic rings. The Morgan fingerprint density at radius 3 is 1.41 bits per heavy atom. The van der Waals surface area contributed by atoms with Gasteiger partial charge in [0.15, 0.2) is 18.9 Å². The third kappa shape index (κ3) is 7.66. The molecule has 12 N–H and O–H groups in total. The summed E-state index contributed by atoms with van der Waals surface area (Å²) in [5, 5.41) is 124. The Morgan fingerprint density at radius 1 is 0.457 bits per heavy atom. The first-order chi connectivity index (χ1) is 21.8. The summed E-state index contributed by atoms with van der Waals surface area (Å²) in [7, 11) is 1.19. The zero-order chi connectivity index (χ0) is 34.0. The van der Waals surface area contributed by atoms with Crippen LogP contribution >= 0.6 is 0 Å². The second-order valence-corrected chi connectivity index (χ2v) is 11.7. The average Bonchev–Trinajstić information content (AvgIpc) is 3.04. The lowest BCUT2D eigenvalue weighted by atomic mass is 9.94. The first kappa shape index (κ1) is 38.0. The van der Waals surface area contributed by atoms with E-state index in [9.17, 15) is 61.3 Å². The SMILES string of the molecule is COC1C(O)[C@H](OC2C(O)[C@H](OC3C(O)C(C)OC(CO[C@@H]4OC(CO)[C@@H](O)C(O)C4O)[C@H]3O)OC(CO)[C@H]2O)OC(CO)[C@H]1O. The van der Waals surface area contributed by atoms with E-state index in [0.717, 1.165) is 0 Å². The molecule has 20 atom stereocenters. The summed E-state index contributed by atoms with van der Waals surface area (Å²) in [6.07, 6.45) is -30.9. The second-order valence-electron chi connectivity index (χ2n) is 11.7. The predicted octanol–water partition coefficient (Wildman–Crippen LogP) is -8.02. The van der Waals surface area contributed by atoms with Gasteiger partial charge in [-0.3, -0.25) is 0 Å². The zero-order valence-electron chi connectivity index (χ0n) is 25.0. The third-order valence-electron chi connectivity index (χ3n) is 8.70. The summed E-state index contributed by atoms with van der Waals surface area (Å²) in [5.74, 6) is 0. The highest BCUT2D eigenvalue weighted by molar-refractivity contribution is 4.97. The van der Waals surface area contributed by atoms with Gasteiger partial charge in [-0.2, -0.15) is 0 Å². The highest BCUT2D eigenvalue weighted by atomic mass is 16.7.